The fourth-order valence-corrected chi connectivity index (χ4v) is 3.41. The van der Waals surface area contributed by atoms with E-state index in [-0.39, 0.29) is 18.6 Å². The summed E-state index contributed by atoms with van der Waals surface area (Å²) in [6, 6.07) is -1.13. The van der Waals surface area contributed by atoms with Crippen LogP contribution in [0.3, 0.4) is 0 Å². The molecule has 0 saturated carbocycles. The van der Waals surface area contributed by atoms with Gasteiger partial charge in [-0.2, -0.15) is 0 Å². The zero-order chi connectivity index (χ0) is 29.8. The molecule has 16 heteroatoms. The van der Waals surface area contributed by atoms with E-state index in [4.69, 9.17) is 10.8 Å². The minimum absolute atomic E-state index is 0.0495. The van der Waals surface area contributed by atoms with Gasteiger partial charge in [0.1, 0.15) is 29.9 Å². The molecule has 0 aliphatic carbocycles. The number of hydrogen-bond acceptors (Lipinski definition) is 10. The number of aromatic hydroxyl groups is 1. The number of aliphatic hydroxyl groups is 2. The Morgan fingerprint density at radius 1 is 0.850 bits per heavy atom. The van der Waals surface area contributed by atoms with Crippen molar-refractivity contribution in [1.82, 2.24) is 31.2 Å². The Kier molecular flexibility index (Phi) is 12.0. The van der Waals surface area contributed by atoms with E-state index in [1.54, 1.807) is 0 Å². The largest absolute Gasteiger partial charge is 0.508 e. The number of amides is 4. The fraction of sp³-hybridized carbons (Fsp3) is 0.417. The van der Waals surface area contributed by atoms with Crippen molar-refractivity contribution in [3.63, 3.8) is 0 Å². The number of carbonyl (C=O) groups excluding carboxylic acids is 4. The predicted octanol–water partition coefficient (Wildman–Crippen LogP) is -3.74. The number of imidazole rings is 1. The molecular weight excluding hydrogens is 530 g/mol. The van der Waals surface area contributed by atoms with Crippen molar-refractivity contribution in [1.29, 1.82) is 0 Å². The van der Waals surface area contributed by atoms with Crippen molar-refractivity contribution in [2.75, 3.05) is 13.2 Å². The monoisotopic (exact) mass is 563 g/mol. The third kappa shape index (κ3) is 9.64. The first-order chi connectivity index (χ1) is 18.9. The van der Waals surface area contributed by atoms with Crippen LogP contribution in [0.25, 0.3) is 0 Å². The number of nitrogens with one attached hydrogen (secondary N) is 5. The summed E-state index contributed by atoms with van der Waals surface area (Å²) >= 11 is 0. The molecule has 16 nitrogen and oxygen atoms in total. The summed E-state index contributed by atoms with van der Waals surface area (Å²) < 4.78 is 0. The van der Waals surface area contributed by atoms with Crippen LogP contribution in [-0.2, 0) is 36.8 Å². The fourth-order valence-electron chi connectivity index (χ4n) is 3.41. The van der Waals surface area contributed by atoms with E-state index in [1.165, 1.54) is 43.7 Å². The Morgan fingerprint density at radius 3 is 1.98 bits per heavy atom. The third-order valence-corrected chi connectivity index (χ3v) is 5.71. The van der Waals surface area contributed by atoms with Crippen LogP contribution < -0.4 is 27.0 Å². The van der Waals surface area contributed by atoms with Gasteiger partial charge in [0.05, 0.1) is 25.6 Å². The van der Waals surface area contributed by atoms with Crippen LogP contribution in [0.15, 0.2) is 36.8 Å². The molecule has 0 saturated heterocycles. The number of nitrogens with zero attached hydrogens (tertiary/aromatic N) is 1. The summed E-state index contributed by atoms with van der Waals surface area (Å²) in [7, 11) is 0. The topological polar surface area (TPSA) is 269 Å². The summed E-state index contributed by atoms with van der Waals surface area (Å²) in [6.07, 6.45) is 2.88. The summed E-state index contributed by atoms with van der Waals surface area (Å²) in [4.78, 5) is 68.5. The van der Waals surface area contributed by atoms with Gasteiger partial charge in [-0.1, -0.05) is 12.1 Å². The third-order valence-electron chi connectivity index (χ3n) is 5.71. The van der Waals surface area contributed by atoms with Gasteiger partial charge in [-0.15, -0.1) is 0 Å². The van der Waals surface area contributed by atoms with Gasteiger partial charge in [-0.3, -0.25) is 19.2 Å². The number of benzene rings is 1. The first kappa shape index (κ1) is 31.7. The van der Waals surface area contributed by atoms with E-state index in [0.29, 0.717) is 11.3 Å². The number of carboxylic acids is 1. The Balaban J connectivity index is 2.05. The second-order valence-corrected chi connectivity index (χ2v) is 8.88. The van der Waals surface area contributed by atoms with Gasteiger partial charge in [0.15, 0.2) is 0 Å². The number of rotatable bonds is 15. The van der Waals surface area contributed by atoms with E-state index >= 15 is 0 Å². The number of nitrogens with two attached hydrogens (primary N) is 1. The molecule has 1 aromatic heterocycles. The minimum Gasteiger partial charge on any atom is -0.508 e. The maximum Gasteiger partial charge on any atom is 0.328 e. The number of aliphatic hydroxyl groups excluding tert-OH is 2. The van der Waals surface area contributed by atoms with Crippen molar-refractivity contribution in [3.8, 4) is 5.75 Å². The van der Waals surface area contributed by atoms with Crippen LogP contribution in [0.4, 0.5) is 0 Å². The van der Waals surface area contributed by atoms with Crippen molar-refractivity contribution < 1.29 is 44.4 Å². The van der Waals surface area contributed by atoms with Crippen LogP contribution in [-0.4, -0.2) is 103 Å². The first-order valence-electron chi connectivity index (χ1n) is 12.1. The van der Waals surface area contributed by atoms with E-state index < -0.39 is 73.0 Å². The van der Waals surface area contributed by atoms with Crippen LogP contribution in [0.2, 0.25) is 0 Å². The molecule has 5 atom stereocenters. The summed E-state index contributed by atoms with van der Waals surface area (Å²) in [5.41, 5.74) is 6.93. The number of aromatic nitrogens is 2. The molecule has 1 heterocycles. The molecule has 0 radical (unpaired) electrons. The van der Waals surface area contributed by atoms with Gasteiger partial charge in [0.2, 0.25) is 23.6 Å². The highest BCUT2D eigenvalue weighted by Gasteiger charge is 2.30. The quantitative estimate of drug-likeness (QED) is 0.101. The molecule has 0 aliphatic heterocycles. The Hall–Kier alpha value is -4.54. The lowest BCUT2D eigenvalue weighted by atomic mass is 10.0. The summed E-state index contributed by atoms with van der Waals surface area (Å²) in [5.74, 6) is -4.98. The molecule has 2 rings (SSSR count). The average Bonchev–Trinajstić information content (AvgIpc) is 3.43. The second kappa shape index (κ2) is 15.2. The smallest absolute Gasteiger partial charge is 0.328 e. The highest BCUT2D eigenvalue weighted by Crippen LogP contribution is 2.12. The molecule has 0 bridgehead atoms. The van der Waals surface area contributed by atoms with Crippen molar-refractivity contribution >= 4 is 29.6 Å². The van der Waals surface area contributed by atoms with Crippen molar-refractivity contribution in [3.05, 3.63) is 48.0 Å². The number of phenols is 1. The molecular formula is C24H33N7O9. The van der Waals surface area contributed by atoms with Gasteiger partial charge < -0.3 is 52.4 Å². The van der Waals surface area contributed by atoms with E-state index in [1.807, 2.05) is 0 Å². The van der Waals surface area contributed by atoms with Crippen molar-refractivity contribution in [2.24, 2.45) is 5.73 Å². The predicted molar refractivity (Wildman–Crippen MR) is 137 cm³/mol. The number of hydrogen-bond donors (Lipinski definition) is 10. The Bertz CT molecular complexity index is 1160. The number of phenolic OH excluding ortho intramolecular Hbond substituents is 1. The summed E-state index contributed by atoms with van der Waals surface area (Å²) in [5, 5.41) is 46.7. The lowest BCUT2D eigenvalue weighted by Gasteiger charge is -2.24. The number of aromatic amines is 1. The van der Waals surface area contributed by atoms with Crippen LogP contribution in [0, 0.1) is 0 Å². The van der Waals surface area contributed by atoms with Gasteiger partial charge in [0, 0.05) is 24.7 Å². The molecule has 218 valence electrons. The van der Waals surface area contributed by atoms with Gasteiger partial charge in [0.25, 0.3) is 0 Å². The van der Waals surface area contributed by atoms with Crippen LogP contribution >= 0.6 is 0 Å². The first-order valence-corrected chi connectivity index (χ1v) is 12.1. The molecule has 11 N–H and O–H groups in total. The van der Waals surface area contributed by atoms with E-state index in [9.17, 15) is 39.3 Å². The standard InChI is InChI=1S/C24H33N7O9/c1-12(28-21(36)16(25)7-14-8-26-11-27-14)20(35)30-18(9-32)23(38)29-17(6-13-2-4-15(34)5-3-13)22(37)31-19(10-33)24(39)40/h2-5,8,11-12,16-19,32-34H,6-7,9-10,25H2,1H3,(H,26,27)(H,28,36)(H,29,38)(H,30,35)(H,31,37)(H,39,40)/t12-,16-,17-,18-,19-/m0/s1. The zero-order valence-electron chi connectivity index (χ0n) is 21.5. The number of carbonyl (C=O) groups is 5. The highest BCUT2D eigenvalue weighted by atomic mass is 16.4. The molecule has 0 spiro atoms. The Labute approximate surface area is 228 Å². The van der Waals surface area contributed by atoms with Gasteiger partial charge in [-0.25, -0.2) is 9.78 Å². The minimum atomic E-state index is -1.65. The van der Waals surface area contributed by atoms with E-state index in [0.717, 1.165) is 0 Å². The molecule has 0 aliphatic rings. The highest BCUT2D eigenvalue weighted by molar-refractivity contribution is 5.95. The Morgan fingerprint density at radius 2 is 1.43 bits per heavy atom. The molecule has 1 aromatic carbocycles. The van der Waals surface area contributed by atoms with Crippen LogP contribution in [0.5, 0.6) is 5.75 Å². The van der Waals surface area contributed by atoms with Gasteiger partial charge in [-0.05, 0) is 24.6 Å². The molecule has 0 fully saturated rings. The van der Waals surface area contributed by atoms with Crippen LogP contribution in [0.1, 0.15) is 18.2 Å². The average molecular weight is 564 g/mol. The lowest BCUT2D eigenvalue weighted by molar-refractivity contribution is -0.143. The number of H-pyrrole nitrogens is 1. The van der Waals surface area contributed by atoms with Crippen molar-refractivity contribution in [2.45, 2.75) is 50.0 Å². The summed E-state index contributed by atoms with van der Waals surface area (Å²) in [6.45, 7) is -0.449. The molecule has 4 amide bonds. The number of carboxylic acid groups (broad SMARTS) is 1. The maximum atomic E-state index is 12.9. The maximum absolute atomic E-state index is 12.9. The number of aliphatic carboxylic acids is 1. The van der Waals surface area contributed by atoms with E-state index in [2.05, 4.69) is 31.2 Å². The molecule has 40 heavy (non-hydrogen) atoms. The molecule has 0 unspecified atom stereocenters. The second-order valence-electron chi connectivity index (χ2n) is 8.88. The lowest BCUT2D eigenvalue weighted by Crippen LogP contribution is -2.59. The SMILES string of the molecule is C[C@H](NC(=O)[C@@H](N)Cc1cnc[nH]1)C(=O)N[C@@H](CO)C(=O)N[C@@H](Cc1ccc(O)cc1)C(=O)N[C@@H](CO)C(=O)O. The molecule has 2 aromatic rings. The normalized spacial score (nSPS) is 14.6. The zero-order valence-corrected chi connectivity index (χ0v) is 21.5. The van der Waals surface area contributed by atoms with Gasteiger partial charge >= 0.3 is 5.97 Å².